The highest BCUT2D eigenvalue weighted by molar-refractivity contribution is 5.80. The Morgan fingerprint density at radius 2 is 1.96 bits per heavy atom. The fraction of sp³-hybridized carbons (Fsp3) is 0.591. The maximum atomic E-state index is 13.2. The van der Waals surface area contributed by atoms with Gasteiger partial charge in [-0.2, -0.15) is 0 Å². The van der Waals surface area contributed by atoms with Crippen LogP contribution < -0.4 is 10.3 Å². The Balaban J connectivity index is 1.71. The van der Waals surface area contributed by atoms with Gasteiger partial charge in [-0.05, 0) is 37.8 Å². The van der Waals surface area contributed by atoms with Gasteiger partial charge in [0.1, 0.15) is 6.54 Å². The number of nitrogens with one attached hydrogen (secondary N) is 2. The summed E-state index contributed by atoms with van der Waals surface area (Å²) in [6.07, 6.45) is 3.91. The number of aromatic amines is 1. The maximum absolute atomic E-state index is 13.2. The number of rotatable bonds is 2. The largest absolute Gasteiger partial charge is 0.358 e. The number of aryl methyl sites for hydroxylation is 2. The molecule has 3 nitrogen and oxygen atoms in total. The summed E-state index contributed by atoms with van der Waals surface area (Å²) in [7, 11) is 0. The molecule has 0 radical (unpaired) electrons. The van der Waals surface area contributed by atoms with Gasteiger partial charge in [0.05, 0.1) is 18.2 Å². The van der Waals surface area contributed by atoms with Crippen LogP contribution in [0.3, 0.4) is 0 Å². The van der Waals surface area contributed by atoms with Crippen molar-refractivity contribution in [3.8, 4) is 0 Å². The third-order valence-corrected chi connectivity index (χ3v) is 6.55. The number of aromatic nitrogens is 1. The number of fused-ring (bicyclic) bond motifs is 3. The second kappa shape index (κ2) is 5.44. The van der Waals surface area contributed by atoms with Crippen molar-refractivity contribution >= 4 is 10.9 Å². The number of hydrogen-bond acceptors (Lipinski definition) is 1. The third-order valence-electron chi connectivity index (χ3n) is 6.55. The Kier molecular flexibility index (Phi) is 3.66. The lowest BCUT2D eigenvalue weighted by atomic mass is 9.65. The Labute approximate surface area is 150 Å². The summed E-state index contributed by atoms with van der Waals surface area (Å²) in [6.45, 7) is 13.5. The minimum atomic E-state index is 0.230. The van der Waals surface area contributed by atoms with Crippen molar-refractivity contribution in [1.29, 1.82) is 0 Å². The zero-order valence-corrected chi connectivity index (χ0v) is 16.3. The molecule has 1 aromatic carbocycles. The minimum Gasteiger partial charge on any atom is -0.358 e. The average molecular weight is 340 g/mol. The molecule has 1 saturated heterocycles. The molecular weight excluding hydrogens is 308 g/mol. The number of quaternary nitrogens is 1. The van der Waals surface area contributed by atoms with E-state index in [0.717, 1.165) is 34.3 Å². The smallest absolute Gasteiger partial charge is 0.198 e. The summed E-state index contributed by atoms with van der Waals surface area (Å²) in [5.74, 6) is 0. The number of hydrogen-bond donors (Lipinski definition) is 2. The summed E-state index contributed by atoms with van der Waals surface area (Å²) < 4.78 is 0. The molecule has 2 aromatic rings. The SMILES string of the molecule is Cc1ccc2[nH]c(C)c(C[NH+]3C[C@@]4(C)C[C@@H]3CC(C)(C)C4)c(=O)c2c1. The molecule has 25 heavy (non-hydrogen) atoms. The van der Waals surface area contributed by atoms with Crippen LogP contribution >= 0.6 is 0 Å². The van der Waals surface area contributed by atoms with Crippen molar-refractivity contribution in [3.63, 3.8) is 0 Å². The molecule has 2 bridgehead atoms. The van der Waals surface area contributed by atoms with E-state index in [1.54, 1.807) is 4.90 Å². The topological polar surface area (TPSA) is 37.3 Å². The molecule has 1 aliphatic carbocycles. The lowest BCUT2D eigenvalue weighted by Gasteiger charge is -2.37. The van der Waals surface area contributed by atoms with Crippen LogP contribution in [0.15, 0.2) is 23.0 Å². The molecule has 0 spiro atoms. The minimum absolute atomic E-state index is 0.230. The molecular formula is C22H31N2O+. The molecule has 2 N–H and O–H groups in total. The molecule has 0 amide bonds. The van der Waals surface area contributed by atoms with Gasteiger partial charge in [0, 0.05) is 34.9 Å². The fourth-order valence-corrected chi connectivity index (χ4v) is 5.96. The lowest BCUT2D eigenvalue weighted by molar-refractivity contribution is -0.928. The van der Waals surface area contributed by atoms with Crippen molar-refractivity contribution in [1.82, 2.24) is 4.98 Å². The Morgan fingerprint density at radius 1 is 1.20 bits per heavy atom. The second-order valence-electron chi connectivity index (χ2n) is 9.88. The van der Waals surface area contributed by atoms with Crippen molar-refractivity contribution in [3.05, 3.63) is 45.2 Å². The van der Waals surface area contributed by atoms with Gasteiger partial charge in [-0.3, -0.25) is 4.79 Å². The average Bonchev–Trinajstić information content (AvgIpc) is 2.73. The van der Waals surface area contributed by atoms with Crippen molar-refractivity contribution in [2.45, 2.75) is 66.5 Å². The molecule has 1 unspecified atom stereocenters. The Bertz CT molecular complexity index is 895. The van der Waals surface area contributed by atoms with Gasteiger partial charge >= 0.3 is 0 Å². The van der Waals surface area contributed by atoms with Gasteiger partial charge < -0.3 is 9.88 Å². The second-order valence-corrected chi connectivity index (χ2v) is 9.88. The number of pyridine rings is 1. The standard InChI is InChI=1S/C22H30N2O/c1-14-6-7-19-17(8-14)20(25)18(15(2)23-19)11-24-13-22(5)10-16(24)9-21(3,4)12-22/h6-8,16H,9-13H2,1-5H3,(H,23,25)/p+1/t16-,22-/m0/s1. The van der Waals surface area contributed by atoms with Gasteiger partial charge in [0.25, 0.3) is 0 Å². The van der Waals surface area contributed by atoms with Crippen LogP contribution in [-0.4, -0.2) is 17.6 Å². The van der Waals surface area contributed by atoms with E-state index in [-0.39, 0.29) is 5.43 Å². The van der Waals surface area contributed by atoms with Gasteiger partial charge in [0.15, 0.2) is 5.43 Å². The van der Waals surface area contributed by atoms with Crippen molar-refractivity contribution < 1.29 is 4.90 Å². The molecule has 2 aliphatic rings. The van der Waals surface area contributed by atoms with Crippen LogP contribution in [0.2, 0.25) is 0 Å². The van der Waals surface area contributed by atoms with Crippen LogP contribution in [0.5, 0.6) is 0 Å². The molecule has 1 aliphatic heterocycles. The first kappa shape index (κ1) is 16.8. The van der Waals surface area contributed by atoms with Gasteiger partial charge in [-0.25, -0.2) is 0 Å². The van der Waals surface area contributed by atoms with Gasteiger partial charge in [-0.1, -0.05) is 32.4 Å². The van der Waals surface area contributed by atoms with Gasteiger partial charge in [-0.15, -0.1) is 0 Å². The predicted molar refractivity (Wildman–Crippen MR) is 103 cm³/mol. The van der Waals surface area contributed by atoms with Crippen molar-refractivity contribution in [2.75, 3.05) is 6.54 Å². The number of likely N-dealkylation sites (tertiary alicyclic amines) is 1. The Hall–Kier alpha value is -1.61. The first-order chi connectivity index (χ1) is 11.7. The highest BCUT2D eigenvalue weighted by atomic mass is 16.1. The molecule has 2 fully saturated rings. The van der Waals surface area contributed by atoms with Crippen LogP contribution in [0.25, 0.3) is 10.9 Å². The quantitative estimate of drug-likeness (QED) is 0.867. The highest BCUT2D eigenvalue weighted by Crippen LogP contribution is 2.47. The fourth-order valence-electron chi connectivity index (χ4n) is 5.96. The molecule has 1 aromatic heterocycles. The van der Waals surface area contributed by atoms with Crippen molar-refractivity contribution in [2.24, 2.45) is 10.8 Å². The highest BCUT2D eigenvalue weighted by Gasteiger charge is 2.52. The maximum Gasteiger partial charge on any atom is 0.198 e. The third kappa shape index (κ3) is 2.93. The predicted octanol–water partition coefficient (Wildman–Crippen LogP) is 3.13. The van der Waals surface area contributed by atoms with E-state index in [4.69, 9.17) is 0 Å². The first-order valence-electron chi connectivity index (χ1n) is 9.63. The molecule has 3 atom stereocenters. The lowest BCUT2D eigenvalue weighted by Crippen LogP contribution is -3.12. The molecule has 3 heteroatoms. The van der Waals surface area contributed by atoms with E-state index >= 15 is 0 Å². The zero-order valence-electron chi connectivity index (χ0n) is 16.3. The Morgan fingerprint density at radius 3 is 2.72 bits per heavy atom. The number of H-pyrrole nitrogens is 1. The summed E-state index contributed by atoms with van der Waals surface area (Å²) in [4.78, 5) is 18.2. The van der Waals surface area contributed by atoms with Crippen LogP contribution in [0.4, 0.5) is 0 Å². The van der Waals surface area contributed by atoms with Gasteiger partial charge in [0.2, 0.25) is 0 Å². The summed E-state index contributed by atoms with van der Waals surface area (Å²) >= 11 is 0. The van der Waals surface area contributed by atoms with E-state index in [2.05, 4.69) is 45.7 Å². The van der Waals surface area contributed by atoms with E-state index in [1.165, 1.54) is 25.8 Å². The van der Waals surface area contributed by atoms with E-state index in [0.29, 0.717) is 16.9 Å². The van der Waals surface area contributed by atoms with Crippen LogP contribution in [-0.2, 0) is 6.54 Å². The summed E-state index contributed by atoms with van der Waals surface area (Å²) in [6, 6.07) is 6.82. The summed E-state index contributed by atoms with van der Waals surface area (Å²) in [5, 5.41) is 0.841. The molecule has 134 valence electrons. The van der Waals surface area contributed by atoms with E-state index in [1.807, 2.05) is 12.1 Å². The van der Waals surface area contributed by atoms with Crippen LogP contribution in [0.1, 0.15) is 56.9 Å². The first-order valence-corrected chi connectivity index (χ1v) is 9.63. The van der Waals surface area contributed by atoms with E-state index in [9.17, 15) is 4.79 Å². The van der Waals surface area contributed by atoms with Crippen LogP contribution in [0, 0.1) is 24.7 Å². The summed E-state index contributed by atoms with van der Waals surface area (Å²) in [5.41, 5.74) is 5.23. The number of benzene rings is 1. The molecule has 2 heterocycles. The zero-order chi connectivity index (χ0) is 18.0. The van der Waals surface area contributed by atoms with E-state index < -0.39 is 0 Å². The monoisotopic (exact) mass is 339 g/mol. The molecule has 4 rings (SSSR count). The normalized spacial score (nSPS) is 30.8. The molecule has 1 saturated carbocycles.